The fourth-order valence-electron chi connectivity index (χ4n) is 0.622. The van der Waals surface area contributed by atoms with Gasteiger partial charge in [0.2, 0.25) is 0 Å². The maximum atomic E-state index is 8.21. The zero-order chi connectivity index (χ0) is 7.94. The second-order valence-corrected chi connectivity index (χ2v) is 2.59. The van der Waals surface area contributed by atoms with Crippen LogP contribution < -0.4 is 5.32 Å². The van der Waals surface area contributed by atoms with E-state index in [9.17, 15) is 0 Å². The Morgan fingerprint density at radius 1 is 1.73 bits per heavy atom. The molecular weight excluding hydrogens is 160 g/mol. The van der Waals surface area contributed by atoms with Gasteiger partial charge in [0, 0.05) is 24.9 Å². The fourth-order valence-corrected chi connectivity index (χ4v) is 1.07. The molecule has 1 rings (SSSR count). The number of hydrogen-bond donors (Lipinski definition) is 1. The number of nitrogens with one attached hydrogen (secondary N) is 1. The molecule has 0 aliphatic carbocycles. The van der Waals surface area contributed by atoms with E-state index in [0.29, 0.717) is 19.5 Å². The lowest BCUT2D eigenvalue weighted by molar-refractivity contribution is 0.683. The Labute approximate surface area is 69.0 Å². The molecule has 0 unspecified atom stereocenters. The van der Waals surface area contributed by atoms with Crippen LogP contribution in [-0.4, -0.2) is 16.1 Å². The van der Waals surface area contributed by atoms with E-state index < -0.39 is 0 Å². The number of aromatic nitrogens is 2. The molecule has 0 saturated heterocycles. The molecule has 0 spiro atoms. The lowest BCUT2D eigenvalue weighted by Crippen LogP contribution is -2.14. The zero-order valence-corrected chi connectivity index (χ0v) is 6.77. The molecule has 0 fully saturated rings. The Morgan fingerprint density at radius 2 is 2.64 bits per heavy atom. The highest BCUT2D eigenvalue weighted by molar-refractivity contribution is 7.03. The van der Waals surface area contributed by atoms with Crippen molar-refractivity contribution in [3.8, 4) is 6.07 Å². The summed E-state index contributed by atoms with van der Waals surface area (Å²) in [6.45, 7) is 1.42. The fraction of sp³-hybridized carbons (Fsp3) is 0.500. The molecule has 0 saturated carbocycles. The van der Waals surface area contributed by atoms with Gasteiger partial charge >= 0.3 is 0 Å². The molecule has 0 atom stereocenters. The summed E-state index contributed by atoms with van der Waals surface area (Å²) in [6, 6.07) is 2.05. The van der Waals surface area contributed by atoms with Crippen molar-refractivity contribution in [2.45, 2.75) is 13.0 Å². The summed E-state index contributed by atoms with van der Waals surface area (Å²) >= 11 is 1.34. The summed E-state index contributed by atoms with van der Waals surface area (Å²) < 4.78 is 3.71. The molecule has 0 aromatic carbocycles. The first kappa shape index (κ1) is 8.11. The van der Waals surface area contributed by atoms with Crippen molar-refractivity contribution in [1.29, 1.82) is 5.26 Å². The highest BCUT2D eigenvalue weighted by atomic mass is 32.1. The van der Waals surface area contributed by atoms with Crippen LogP contribution in [0.4, 0.5) is 0 Å². The van der Waals surface area contributed by atoms with Gasteiger partial charge in [0.05, 0.1) is 11.8 Å². The van der Waals surface area contributed by atoms with Gasteiger partial charge < -0.3 is 5.32 Å². The third-order valence-corrected chi connectivity index (χ3v) is 1.68. The number of nitrogens with zero attached hydrogens (tertiary/aromatic N) is 3. The monoisotopic (exact) mass is 168 g/mol. The molecular formula is C6H8N4S. The van der Waals surface area contributed by atoms with Gasteiger partial charge in [-0.3, -0.25) is 0 Å². The van der Waals surface area contributed by atoms with Crippen molar-refractivity contribution in [3.63, 3.8) is 0 Å². The standard InChI is InChI=1S/C6H8N4S/c7-2-1-3-8-4-6-5-11-10-9-6/h5,8H,1,3-4H2. The molecule has 0 bridgehead atoms. The van der Waals surface area contributed by atoms with Gasteiger partial charge in [-0.25, -0.2) is 0 Å². The molecule has 58 valence electrons. The lowest BCUT2D eigenvalue weighted by atomic mass is 10.4. The van der Waals surface area contributed by atoms with Gasteiger partial charge in [0.15, 0.2) is 0 Å². The van der Waals surface area contributed by atoms with Gasteiger partial charge in [-0.05, 0) is 11.5 Å². The van der Waals surface area contributed by atoms with Crippen LogP contribution in [0.25, 0.3) is 0 Å². The minimum absolute atomic E-state index is 0.539. The Balaban J connectivity index is 2.10. The molecule has 1 aromatic rings. The summed E-state index contributed by atoms with van der Waals surface area (Å²) in [5, 5.41) is 17.0. The van der Waals surface area contributed by atoms with E-state index in [-0.39, 0.29) is 0 Å². The van der Waals surface area contributed by atoms with Crippen LogP contribution in [-0.2, 0) is 6.54 Å². The number of hydrogen-bond acceptors (Lipinski definition) is 5. The molecule has 0 aliphatic heterocycles. The number of rotatable bonds is 4. The predicted molar refractivity (Wildman–Crippen MR) is 41.8 cm³/mol. The molecule has 1 aromatic heterocycles. The van der Waals surface area contributed by atoms with E-state index in [4.69, 9.17) is 5.26 Å². The Kier molecular flexibility index (Phi) is 3.52. The normalized spacial score (nSPS) is 9.36. The predicted octanol–water partition coefficient (Wildman–Crippen LogP) is 0.541. The molecule has 4 nitrogen and oxygen atoms in total. The Hall–Kier alpha value is -0.990. The van der Waals surface area contributed by atoms with Crippen molar-refractivity contribution >= 4 is 11.5 Å². The quantitative estimate of drug-likeness (QED) is 0.666. The second kappa shape index (κ2) is 4.77. The van der Waals surface area contributed by atoms with Crippen LogP contribution in [0.15, 0.2) is 5.38 Å². The van der Waals surface area contributed by atoms with Crippen LogP contribution in [0.2, 0.25) is 0 Å². The van der Waals surface area contributed by atoms with Crippen molar-refractivity contribution < 1.29 is 0 Å². The topological polar surface area (TPSA) is 61.6 Å². The van der Waals surface area contributed by atoms with Gasteiger partial charge in [0.25, 0.3) is 0 Å². The molecule has 1 heterocycles. The second-order valence-electron chi connectivity index (χ2n) is 1.98. The van der Waals surface area contributed by atoms with Crippen molar-refractivity contribution in [2.75, 3.05) is 6.54 Å². The summed E-state index contributed by atoms with van der Waals surface area (Å²) in [5.74, 6) is 0. The van der Waals surface area contributed by atoms with E-state index in [1.54, 1.807) is 0 Å². The van der Waals surface area contributed by atoms with Gasteiger partial charge in [-0.15, -0.1) is 5.10 Å². The molecule has 0 radical (unpaired) electrons. The minimum atomic E-state index is 0.539. The highest BCUT2D eigenvalue weighted by Crippen LogP contribution is 1.94. The summed E-state index contributed by atoms with van der Waals surface area (Å²) in [4.78, 5) is 0. The average molecular weight is 168 g/mol. The smallest absolute Gasteiger partial charge is 0.0893 e. The average Bonchev–Trinajstić information content (AvgIpc) is 2.50. The zero-order valence-electron chi connectivity index (χ0n) is 5.95. The third-order valence-electron chi connectivity index (χ3n) is 1.12. The van der Waals surface area contributed by atoms with Gasteiger partial charge in [-0.2, -0.15) is 5.26 Å². The van der Waals surface area contributed by atoms with Crippen molar-refractivity contribution in [1.82, 2.24) is 14.9 Å². The molecule has 11 heavy (non-hydrogen) atoms. The van der Waals surface area contributed by atoms with Gasteiger partial charge in [-0.1, -0.05) is 4.49 Å². The van der Waals surface area contributed by atoms with Crippen LogP contribution in [0.3, 0.4) is 0 Å². The molecule has 0 amide bonds. The Bertz CT molecular complexity index is 225. The van der Waals surface area contributed by atoms with E-state index in [1.807, 2.05) is 5.38 Å². The summed E-state index contributed by atoms with van der Waals surface area (Å²) in [7, 11) is 0. The van der Waals surface area contributed by atoms with Crippen LogP contribution in [0.5, 0.6) is 0 Å². The maximum Gasteiger partial charge on any atom is 0.0893 e. The highest BCUT2D eigenvalue weighted by Gasteiger charge is 1.93. The van der Waals surface area contributed by atoms with Crippen LogP contribution >= 0.6 is 11.5 Å². The van der Waals surface area contributed by atoms with E-state index >= 15 is 0 Å². The minimum Gasteiger partial charge on any atom is -0.310 e. The third kappa shape index (κ3) is 3.07. The Morgan fingerprint density at radius 3 is 3.27 bits per heavy atom. The SMILES string of the molecule is N#CCCNCc1csnn1. The largest absolute Gasteiger partial charge is 0.310 e. The summed E-state index contributed by atoms with van der Waals surface area (Å²) in [6.07, 6.45) is 0.539. The first-order valence-electron chi connectivity index (χ1n) is 3.27. The maximum absolute atomic E-state index is 8.21. The van der Waals surface area contributed by atoms with E-state index in [1.165, 1.54) is 11.5 Å². The molecule has 1 N–H and O–H groups in total. The van der Waals surface area contributed by atoms with E-state index in [2.05, 4.69) is 21.0 Å². The van der Waals surface area contributed by atoms with Gasteiger partial charge in [0.1, 0.15) is 0 Å². The van der Waals surface area contributed by atoms with Crippen molar-refractivity contribution in [2.24, 2.45) is 0 Å². The molecule has 5 heteroatoms. The van der Waals surface area contributed by atoms with Crippen LogP contribution in [0, 0.1) is 11.3 Å². The van der Waals surface area contributed by atoms with Crippen molar-refractivity contribution in [3.05, 3.63) is 11.1 Å². The van der Waals surface area contributed by atoms with Crippen LogP contribution in [0.1, 0.15) is 12.1 Å². The number of nitriles is 1. The first-order chi connectivity index (χ1) is 5.43. The lowest BCUT2D eigenvalue weighted by Gasteiger charge is -1.95. The summed E-state index contributed by atoms with van der Waals surface area (Å²) in [5.41, 5.74) is 0.938. The first-order valence-corrected chi connectivity index (χ1v) is 4.10. The van der Waals surface area contributed by atoms with E-state index in [0.717, 1.165) is 5.69 Å². The molecule has 0 aliphatic rings.